The minimum absolute atomic E-state index is 0.0678. The second kappa shape index (κ2) is 9.04. The van der Waals surface area contributed by atoms with Crippen molar-refractivity contribution in [3.8, 4) is 16.9 Å². The summed E-state index contributed by atoms with van der Waals surface area (Å²) in [5.74, 6) is -0.150. The summed E-state index contributed by atoms with van der Waals surface area (Å²) < 4.78 is 26.3. The van der Waals surface area contributed by atoms with Crippen molar-refractivity contribution in [1.29, 1.82) is 0 Å². The molecule has 0 N–H and O–H groups in total. The van der Waals surface area contributed by atoms with Crippen molar-refractivity contribution in [2.75, 3.05) is 19.7 Å². The van der Waals surface area contributed by atoms with Crippen molar-refractivity contribution in [2.24, 2.45) is 0 Å². The maximum Gasteiger partial charge on any atom is 0.251 e. The van der Waals surface area contributed by atoms with Crippen molar-refractivity contribution in [1.82, 2.24) is 9.88 Å². The lowest BCUT2D eigenvalue weighted by molar-refractivity contribution is -0.142. The van der Waals surface area contributed by atoms with Gasteiger partial charge in [0.05, 0.1) is 10.5 Å². The Kier molecular flexibility index (Phi) is 5.98. The van der Waals surface area contributed by atoms with Crippen molar-refractivity contribution < 1.29 is 18.7 Å². The first-order chi connectivity index (χ1) is 15.6. The van der Waals surface area contributed by atoms with Gasteiger partial charge in [0, 0.05) is 49.7 Å². The van der Waals surface area contributed by atoms with Crippen LogP contribution in [0.25, 0.3) is 22.0 Å². The third-order valence-electron chi connectivity index (χ3n) is 6.21. The molecule has 3 aromatic rings. The molecule has 166 valence electrons. The molecule has 1 unspecified atom stereocenters. The van der Waals surface area contributed by atoms with Crippen LogP contribution in [0.3, 0.4) is 0 Å². The molecule has 2 fully saturated rings. The first kappa shape index (κ1) is 21.2. The fourth-order valence-electron chi connectivity index (χ4n) is 4.45. The average Bonchev–Trinajstić information content (AvgIpc) is 3.36. The molecule has 7 heteroatoms. The molecule has 5 rings (SSSR count). The molecule has 2 aliphatic heterocycles. The normalized spacial score (nSPS) is 19.4. The zero-order valence-electron chi connectivity index (χ0n) is 17.6. The van der Waals surface area contributed by atoms with Crippen molar-refractivity contribution in [3.05, 3.63) is 59.5 Å². The summed E-state index contributed by atoms with van der Waals surface area (Å²) in [5, 5.41) is 1.44. The average molecular weight is 455 g/mol. The summed E-state index contributed by atoms with van der Waals surface area (Å²) >= 11 is 6.55. The number of piperidine rings is 1. The van der Waals surface area contributed by atoms with Crippen LogP contribution >= 0.6 is 11.6 Å². The number of ether oxygens (including phenoxy) is 2. The lowest BCUT2D eigenvalue weighted by Gasteiger charge is -2.33. The summed E-state index contributed by atoms with van der Waals surface area (Å²) in [6.45, 7) is 1.86. The fourth-order valence-corrected chi connectivity index (χ4v) is 4.78. The molecule has 0 spiro atoms. The Hall–Kier alpha value is -2.70. The predicted molar refractivity (Wildman–Crippen MR) is 121 cm³/mol. The molecule has 1 atom stereocenters. The van der Waals surface area contributed by atoms with E-state index in [9.17, 15) is 9.18 Å². The lowest BCUT2D eigenvalue weighted by atomic mass is 10.0. The Morgan fingerprint density at radius 3 is 2.75 bits per heavy atom. The number of fused-ring (bicyclic) bond motifs is 1. The molecule has 2 aromatic carbocycles. The van der Waals surface area contributed by atoms with E-state index in [2.05, 4.69) is 4.98 Å². The summed E-state index contributed by atoms with van der Waals surface area (Å²) in [4.78, 5) is 18.7. The maximum absolute atomic E-state index is 14.9. The number of pyridine rings is 1. The van der Waals surface area contributed by atoms with Gasteiger partial charge in [-0.05, 0) is 36.6 Å². The van der Waals surface area contributed by atoms with E-state index < -0.39 is 5.82 Å². The van der Waals surface area contributed by atoms with Gasteiger partial charge in [-0.3, -0.25) is 9.78 Å². The molecule has 32 heavy (non-hydrogen) atoms. The van der Waals surface area contributed by atoms with E-state index in [0.717, 1.165) is 23.8 Å². The summed E-state index contributed by atoms with van der Waals surface area (Å²) in [6.07, 6.45) is 4.33. The summed E-state index contributed by atoms with van der Waals surface area (Å²) in [5.41, 5.74) is 2.09. The first-order valence-electron chi connectivity index (χ1n) is 11.0. The highest BCUT2D eigenvalue weighted by molar-refractivity contribution is 6.37. The van der Waals surface area contributed by atoms with Gasteiger partial charge >= 0.3 is 0 Å². The Morgan fingerprint density at radius 1 is 1.16 bits per heavy atom. The second-order valence-corrected chi connectivity index (χ2v) is 8.67. The van der Waals surface area contributed by atoms with Crippen LogP contribution in [-0.4, -0.2) is 47.7 Å². The molecule has 0 aliphatic carbocycles. The lowest BCUT2D eigenvalue weighted by Crippen LogP contribution is -2.45. The van der Waals surface area contributed by atoms with E-state index in [1.165, 1.54) is 6.07 Å². The van der Waals surface area contributed by atoms with Crippen LogP contribution in [0.15, 0.2) is 48.7 Å². The highest BCUT2D eigenvalue weighted by atomic mass is 35.5. The van der Waals surface area contributed by atoms with Gasteiger partial charge in [0.15, 0.2) is 11.6 Å². The molecule has 0 saturated carbocycles. The van der Waals surface area contributed by atoms with Gasteiger partial charge in [0.25, 0.3) is 5.91 Å². The van der Waals surface area contributed by atoms with Crippen molar-refractivity contribution >= 4 is 28.4 Å². The molecule has 2 aliphatic rings. The Labute approximate surface area is 191 Å². The number of likely N-dealkylation sites (tertiary alicyclic amines) is 1. The second-order valence-electron chi connectivity index (χ2n) is 8.29. The number of rotatable bonds is 4. The van der Waals surface area contributed by atoms with Crippen LogP contribution in [0, 0.1) is 5.82 Å². The maximum atomic E-state index is 14.9. The van der Waals surface area contributed by atoms with E-state index in [-0.39, 0.29) is 23.9 Å². The Bertz CT molecular complexity index is 1140. The molecule has 1 aromatic heterocycles. The van der Waals surface area contributed by atoms with E-state index in [1.54, 1.807) is 12.3 Å². The third-order valence-corrected chi connectivity index (χ3v) is 6.59. The van der Waals surface area contributed by atoms with Gasteiger partial charge in [0.1, 0.15) is 12.2 Å². The van der Waals surface area contributed by atoms with E-state index in [1.807, 2.05) is 35.2 Å². The number of benzene rings is 2. The topological polar surface area (TPSA) is 51.7 Å². The number of nitrogens with zero attached hydrogens (tertiary/aromatic N) is 2. The van der Waals surface area contributed by atoms with Gasteiger partial charge in [-0.25, -0.2) is 4.39 Å². The molecular formula is C25H24ClFN2O3. The first-order valence-corrected chi connectivity index (χ1v) is 11.4. The van der Waals surface area contributed by atoms with Crippen LogP contribution in [0.1, 0.15) is 25.7 Å². The van der Waals surface area contributed by atoms with Crippen LogP contribution < -0.4 is 4.74 Å². The quantitative estimate of drug-likeness (QED) is 0.540. The Balaban J connectivity index is 1.26. The van der Waals surface area contributed by atoms with Crippen LogP contribution in [0.5, 0.6) is 5.75 Å². The highest BCUT2D eigenvalue weighted by Gasteiger charge is 2.31. The van der Waals surface area contributed by atoms with Crippen LogP contribution in [-0.2, 0) is 9.53 Å². The molecular weight excluding hydrogens is 431 g/mol. The van der Waals surface area contributed by atoms with Crippen LogP contribution in [0.2, 0.25) is 5.02 Å². The molecule has 3 heterocycles. The summed E-state index contributed by atoms with van der Waals surface area (Å²) in [7, 11) is 0. The zero-order valence-corrected chi connectivity index (χ0v) is 18.4. The number of halogens is 2. The monoisotopic (exact) mass is 454 g/mol. The highest BCUT2D eigenvalue weighted by Crippen LogP contribution is 2.35. The van der Waals surface area contributed by atoms with E-state index in [4.69, 9.17) is 21.1 Å². The number of hydrogen-bond donors (Lipinski definition) is 0. The molecule has 0 radical (unpaired) electrons. The fraction of sp³-hybridized carbons (Fsp3) is 0.360. The zero-order chi connectivity index (χ0) is 22.1. The van der Waals surface area contributed by atoms with Gasteiger partial charge in [-0.1, -0.05) is 35.9 Å². The minimum atomic E-state index is -0.433. The molecule has 1 amide bonds. The van der Waals surface area contributed by atoms with Gasteiger partial charge in [-0.15, -0.1) is 0 Å². The van der Waals surface area contributed by atoms with Crippen LogP contribution in [0.4, 0.5) is 4.39 Å². The molecule has 5 nitrogen and oxygen atoms in total. The number of carbonyl (C=O) groups excluding carboxylic acids is 1. The van der Waals surface area contributed by atoms with E-state index >= 15 is 0 Å². The largest absolute Gasteiger partial charge is 0.487 e. The Morgan fingerprint density at radius 2 is 2.00 bits per heavy atom. The SMILES string of the molecule is O=C(C1CCCO1)N1CCC(Oc2ccc(-c3ccc4cccnc4c3Cl)cc2F)CC1. The number of amides is 1. The van der Waals surface area contributed by atoms with E-state index in [0.29, 0.717) is 48.6 Å². The van der Waals surface area contributed by atoms with Crippen molar-refractivity contribution in [3.63, 3.8) is 0 Å². The van der Waals surface area contributed by atoms with Gasteiger partial charge in [0.2, 0.25) is 0 Å². The van der Waals surface area contributed by atoms with Crippen molar-refractivity contribution in [2.45, 2.75) is 37.9 Å². The third kappa shape index (κ3) is 4.17. The predicted octanol–water partition coefficient (Wildman–Crippen LogP) is 5.24. The smallest absolute Gasteiger partial charge is 0.251 e. The molecule has 2 saturated heterocycles. The molecule has 0 bridgehead atoms. The minimum Gasteiger partial charge on any atom is -0.487 e. The number of carbonyl (C=O) groups is 1. The standard InChI is InChI=1S/C25H24ClFN2O3/c26-23-19(7-5-16-3-1-11-28-24(16)23)17-6-8-21(20(27)15-17)32-18-9-12-29(13-10-18)25(30)22-4-2-14-31-22/h1,3,5-8,11,15,18,22H,2,4,9-10,12-14H2. The number of hydrogen-bond acceptors (Lipinski definition) is 4. The van der Waals surface area contributed by atoms with Gasteiger partial charge in [-0.2, -0.15) is 0 Å². The summed E-state index contributed by atoms with van der Waals surface area (Å²) in [6, 6.07) is 12.5. The number of aromatic nitrogens is 1. The van der Waals surface area contributed by atoms with Gasteiger partial charge < -0.3 is 14.4 Å².